The van der Waals surface area contributed by atoms with Gasteiger partial charge in [-0.05, 0) is 73.6 Å². The maximum absolute atomic E-state index is 9.05. The van der Waals surface area contributed by atoms with Gasteiger partial charge in [-0.25, -0.2) is 0 Å². The SMILES string of the molecule is OCCCCCOc1cccc2ccc3oc4ccc5cccc(OCCCCCO)c5c4c3c12. The largest absolute Gasteiger partial charge is 0.493 e. The number of hydrogen-bond donors (Lipinski definition) is 2. The van der Waals surface area contributed by atoms with Crippen LogP contribution in [0.3, 0.4) is 0 Å². The molecule has 0 unspecified atom stereocenters. The van der Waals surface area contributed by atoms with Crippen LogP contribution in [0.4, 0.5) is 0 Å². The molecule has 5 aromatic rings. The van der Waals surface area contributed by atoms with Gasteiger partial charge in [-0.1, -0.05) is 36.4 Å². The van der Waals surface area contributed by atoms with E-state index in [0.717, 1.165) is 93.5 Å². The third kappa shape index (κ3) is 4.79. The fraction of sp³-hybridized carbons (Fsp3) is 0.333. The smallest absolute Gasteiger partial charge is 0.136 e. The Bertz CT molecular complexity index is 1330. The standard InChI is InChI=1S/C30H32O5/c31-17-3-1-5-19-33-23-11-7-9-21-13-15-25-29(27(21)23)30-26(35-25)16-14-22-10-8-12-24(28(22)30)34-20-6-2-4-18-32/h7-16,31-32H,1-6,17-20H2. The molecule has 0 saturated carbocycles. The molecule has 0 atom stereocenters. The van der Waals surface area contributed by atoms with Crippen LogP contribution in [0, 0.1) is 0 Å². The highest BCUT2D eigenvalue weighted by atomic mass is 16.5. The minimum absolute atomic E-state index is 0.217. The lowest BCUT2D eigenvalue weighted by Gasteiger charge is -2.12. The minimum atomic E-state index is 0.217. The number of furan rings is 1. The first-order chi connectivity index (χ1) is 17.3. The van der Waals surface area contributed by atoms with E-state index in [4.69, 9.17) is 24.1 Å². The molecular formula is C30H32O5. The summed E-state index contributed by atoms with van der Waals surface area (Å²) < 4.78 is 18.9. The summed E-state index contributed by atoms with van der Waals surface area (Å²) in [6.45, 7) is 1.64. The fourth-order valence-electron chi connectivity index (χ4n) is 4.82. The van der Waals surface area contributed by atoms with Gasteiger partial charge < -0.3 is 24.1 Å². The van der Waals surface area contributed by atoms with Crippen molar-refractivity contribution < 1.29 is 24.1 Å². The quantitative estimate of drug-likeness (QED) is 0.192. The second-order valence-corrected chi connectivity index (χ2v) is 8.95. The predicted molar refractivity (Wildman–Crippen MR) is 142 cm³/mol. The maximum Gasteiger partial charge on any atom is 0.136 e. The summed E-state index contributed by atoms with van der Waals surface area (Å²) in [5.74, 6) is 1.69. The fourth-order valence-corrected chi connectivity index (χ4v) is 4.82. The van der Waals surface area contributed by atoms with E-state index in [-0.39, 0.29) is 13.2 Å². The Morgan fingerprint density at radius 1 is 0.514 bits per heavy atom. The highest BCUT2D eigenvalue weighted by molar-refractivity contribution is 6.28. The van der Waals surface area contributed by atoms with Gasteiger partial charge in [-0.2, -0.15) is 0 Å². The lowest BCUT2D eigenvalue weighted by atomic mass is 9.98. The van der Waals surface area contributed by atoms with Gasteiger partial charge in [-0.15, -0.1) is 0 Å². The zero-order valence-corrected chi connectivity index (χ0v) is 20.0. The molecule has 0 aliphatic carbocycles. The number of rotatable bonds is 12. The average molecular weight is 473 g/mol. The molecule has 1 aromatic heterocycles. The van der Waals surface area contributed by atoms with E-state index in [1.54, 1.807) is 0 Å². The lowest BCUT2D eigenvalue weighted by molar-refractivity contribution is 0.266. The highest BCUT2D eigenvalue weighted by Gasteiger charge is 2.18. The molecule has 0 radical (unpaired) electrons. The van der Waals surface area contributed by atoms with Gasteiger partial charge in [-0.3, -0.25) is 0 Å². The molecule has 0 fully saturated rings. The van der Waals surface area contributed by atoms with Crippen molar-refractivity contribution in [2.75, 3.05) is 26.4 Å². The van der Waals surface area contributed by atoms with E-state index in [2.05, 4.69) is 24.3 Å². The van der Waals surface area contributed by atoms with Crippen molar-refractivity contribution in [2.45, 2.75) is 38.5 Å². The van der Waals surface area contributed by atoms with Crippen LogP contribution in [0.25, 0.3) is 43.5 Å². The van der Waals surface area contributed by atoms with E-state index in [1.807, 2.05) is 36.4 Å². The monoisotopic (exact) mass is 472 g/mol. The van der Waals surface area contributed by atoms with Crippen molar-refractivity contribution in [1.29, 1.82) is 0 Å². The number of unbranched alkanes of at least 4 members (excludes halogenated alkanes) is 4. The van der Waals surface area contributed by atoms with E-state index < -0.39 is 0 Å². The molecule has 2 N–H and O–H groups in total. The number of benzene rings is 4. The lowest BCUT2D eigenvalue weighted by Crippen LogP contribution is -1.99. The van der Waals surface area contributed by atoms with Gasteiger partial charge in [0.05, 0.1) is 13.2 Å². The molecule has 4 aromatic carbocycles. The van der Waals surface area contributed by atoms with Crippen LogP contribution in [-0.2, 0) is 0 Å². The Hall–Kier alpha value is -3.28. The maximum atomic E-state index is 9.05. The number of aliphatic hydroxyl groups is 2. The Labute approximate surface area is 204 Å². The van der Waals surface area contributed by atoms with E-state index in [0.29, 0.717) is 13.2 Å². The van der Waals surface area contributed by atoms with Crippen LogP contribution in [0.1, 0.15) is 38.5 Å². The van der Waals surface area contributed by atoms with Crippen molar-refractivity contribution in [3.8, 4) is 11.5 Å². The van der Waals surface area contributed by atoms with Gasteiger partial charge in [0.15, 0.2) is 0 Å². The molecule has 0 spiro atoms. The number of hydrogen-bond acceptors (Lipinski definition) is 5. The third-order valence-corrected chi connectivity index (χ3v) is 6.53. The van der Waals surface area contributed by atoms with Gasteiger partial charge in [0.2, 0.25) is 0 Å². The van der Waals surface area contributed by atoms with Gasteiger partial charge in [0.25, 0.3) is 0 Å². The molecule has 0 saturated heterocycles. The van der Waals surface area contributed by atoms with Gasteiger partial charge in [0.1, 0.15) is 22.7 Å². The van der Waals surface area contributed by atoms with E-state index in [1.165, 1.54) is 0 Å². The highest BCUT2D eigenvalue weighted by Crippen LogP contribution is 2.44. The molecule has 0 aliphatic rings. The van der Waals surface area contributed by atoms with Crippen molar-refractivity contribution in [3.05, 3.63) is 60.7 Å². The molecule has 0 amide bonds. The van der Waals surface area contributed by atoms with Crippen molar-refractivity contribution >= 4 is 43.5 Å². The Morgan fingerprint density at radius 3 is 1.46 bits per heavy atom. The summed E-state index contributed by atoms with van der Waals surface area (Å²) in [6, 6.07) is 20.5. The summed E-state index contributed by atoms with van der Waals surface area (Å²) >= 11 is 0. The van der Waals surface area contributed by atoms with Gasteiger partial charge >= 0.3 is 0 Å². The number of ether oxygens (including phenoxy) is 2. The molecule has 5 heteroatoms. The Kier molecular flexibility index (Phi) is 7.36. The first-order valence-electron chi connectivity index (χ1n) is 12.6. The van der Waals surface area contributed by atoms with Crippen LogP contribution in [0.15, 0.2) is 65.1 Å². The molecule has 0 aliphatic heterocycles. The van der Waals surface area contributed by atoms with Gasteiger partial charge in [0, 0.05) is 34.8 Å². The third-order valence-electron chi connectivity index (χ3n) is 6.53. The zero-order valence-electron chi connectivity index (χ0n) is 20.0. The summed E-state index contributed by atoms with van der Waals surface area (Å²) in [5.41, 5.74) is 1.66. The summed E-state index contributed by atoms with van der Waals surface area (Å²) in [7, 11) is 0. The van der Waals surface area contributed by atoms with Crippen LogP contribution < -0.4 is 9.47 Å². The van der Waals surface area contributed by atoms with Crippen molar-refractivity contribution in [1.82, 2.24) is 0 Å². The zero-order chi connectivity index (χ0) is 24.0. The first kappa shape index (κ1) is 23.5. The number of fused-ring (bicyclic) bond motifs is 7. The minimum Gasteiger partial charge on any atom is -0.493 e. The van der Waals surface area contributed by atoms with E-state index in [9.17, 15) is 0 Å². The summed E-state index contributed by atoms with van der Waals surface area (Å²) in [5, 5.41) is 24.5. The molecule has 5 nitrogen and oxygen atoms in total. The second kappa shape index (κ2) is 11.0. The van der Waals surface area contributed by atoms with E-state index >= 15 is 0 Å². The van der Waals surface area contributed by atoms with Crippen LogP contribution in [0.5, 0.6) is 11.5 Å². The molecule has 182 valence electrons. The topological polar surface area (TPSA) is 72.1 Å². The average Bonchev–Trinajstić information content (AvgIpc) is 3.27. The Morgan fingerprint density at radius 2 is 1.00 bits per heavy atom. The molecule has 35 heavy (non-hydrogen) atoms. The van der Waals surface area contributed by atoms with Crippen molar-refractivity contribution in [3.63, 3.8) is 0 Å². The molecular weight excluding hydrogens is 440 g/mol. The summed E-state index contributed by atoms with van der Waals surface area (Å²) in [6.07, 6.45) is 5.27. The van der Waals surface area contributed by atoms with Crippen LogP contribution >= 0.6 is 0 Å². The molecule has 1 heterocycles. The predicted octanol–water partition coefficient (Wildman–Crippen LogP) is 6.98. The summed E-state index contributed by atoms with van der Waals surface area (Å²) in [4.78, 5) is 0. The number of aliphatic hydroxyl groups excluding tert-OH is 2. The van der Waals surface area contributed by atoms with Crippen LogP contribution in [0.2, 0.25) is 0 Å². The van der Waals surface area contributed by atoms with Crippen molar-refractivity contribution in [2.24, 2.45) is 0 Å². The molecule has 5 rings (SSSR count). The Balaban J connectivity index is 1.64. The molecule has 0 bridgehead atoms. The normalized spacial score (nSPS) is 11.7. The second-order valence-electron chi connectivity index (χ2n) is 8.95. The van der Waals surface area contributed by atoms with Crippen LogP contribution in [-0.4, -0.2) is 36.6 Å². The first-order valence-corrected chi connectivity index (χ1v) is 12.6.